The van der Waals surface area contributed by atoms with E-state index in [0.717, 1.165) is 22.6 Å². The van der Waals surface area contributed by atoms with Crippen LogP contribution in [0, 0.1) is 12.7 Å². The minimum absolute atomic E-state index is 0.176. The van der Waals surface area contributed by atoms with Crippen molar-refractivity contribution < 1.29 is 4.39 Å². The van der Waals surface area contributed by atoms with Gasteiger partial charge in [0.2, 0.25) is 0 Å². The molecule has 0 amide bonds. The van der Waals surface area contributed by atoms with Gasteiger partial charge in [-0.25, -0.2) is 4.39 Å². The molecule has 0 spiro atoms. The van der Waals surface area contributed by atoms with E-state index in [1.807, 2.05) is 17.8 Å². The molecule has 2 aromatic rings. The molecule has 1 unspecified atom stereocenters. The molecular formula is C15H16FNS2. The van der Waals surface area contributed by atoms with E-state index in [0.29, 0.717) is 5.56 Å². The molecule has 4 heteroatoms. The maximum atomic E-state index is 13.6. The van der Waals surface area contributed by atoms with Crippen LogP contribution in [0.5, 0.6) is 0 Å². The number of fused-ring (bicyclic) bond motifs is 1. The second-order valence-corrected chi connectivity index (χ2v) is 7.16. The number of rotatable bonds is 2. The number of thiophene rings is 1. The molecule has 1 aliphatic rings. The van der Waals surface area contributed by atoms with Gasteiger partial charge in [-0.2, -0.15) is 11.8 Å². The number of nitrogens with two attached hydrogens (primary N) is 1. The van der Waals surface area contributed by atoms with Gasteiger partial charge in [0.15, 0.2) is 0 Å². The lowest BCUT2D eigenvalue weighted by Gasteiger charge is -2.10. The molecule has 2 heterocycles. The van der Waals surface area contributed by atoms with Crippen molar-refractivity contribution in [2.45, 2.75) is 25.1 Å². The first-order chi connectivity index (χ1) is 9.15. The average molecular weight is 293 g/mol. The molecule has 1 atom stereocenters. The van der Waals surface area contributed by atoms with E-state index in [1.165, 1.54) is 16.2 Å². The minimum atomic E-state index is -0.212. The number of hydrogen-bond donors (Lipinski definition) is 1. The molecule has 1 aromatic heterocycles. The summed E-state index contributed by atoms with van der Waals surface area (Å²) in [5.74, 6) is 2.10. The highest BCUT2D eigenvalue weighted by Crippen LogP contribution is 2.35. The van der Waals surface area contributed by atoms with Gasteiger partial charge in [0.05, 0.1) is 6.04 Å². The normalized spacial score (nSPS) is 16.2. The molecule has 0 radical (unpaired) electrons. The lowest BCUT2D eigenvalue weighted by molar-refractivity contribution is 0.614. The third-order valence-electron chi connectivity index (χ3n) is 3.51. The van der Waals surface area contributed by atoms with Crippen LogP contribution >= 0.6 is 23.1 Å². The Labute approximate surface area is 121 Å². The molecule has 100 valence electrons. The lowest BCUT2D eigenvalue weighted by Crippen LogP contribution is -2.10. The Hall–Kier alpha value is -0.840. The average Bonchev–Trinajstić information content (AvgIpc) is 2.85. The smallest absolute Gasteiger partial charge is 0.126 e. The van der Waals surface area contributed by atoms with Crippen molar-refractivity contribution in [2.75, 3.05) is 5.75 Å². The molecule has 0 bridgehead atoms. The van der Waals surface area contributed by atoms with Crippen molar-refractivity contribution in [3.63, 3.8) is 0 Å². The van der Waals surface area contributed by atoms with Gasteiger partial charge < -0.3 is 5.73 Å². The van der Waals surface area contributed by atoms with E-state index < -0.39 is 0 Å². The molecule has 2 N–H and O–H groups in total. The summed E-state index contributed by atoms with van der Waals surface area (Å²) in [6.45, 7) is 1.77. The van der Waals surface area contributed by atoms with Gasteiger partial charge in [-0.1, -0.05) is 12.1 Å². The molecule has 0 saturated carbocycles. The molecule has 1 nitrogen and oxygen atoms in total. The minimum Gasteiger partial charge on any atom is -0.320 e. The summed E-state index contributed by atoms with van der Waals surface area (Å²) in [5.41, 5.74) is 9.22. The first-order valence-corrected chi connectivity index (χ1v) is 8.33. The van der Waals surface area contributed by atoms with Crippen LogP contribution in [0.3, 0.4) is 0 Å². The SMILES string of the molecule is Cc1ccc(C(N)c2cc3c(s2)CCSC3)cc1F. The zero-order chi connectivity index (χ0) is 13.4. The Morgan fingerprint density at radius 2 is 2.16 bits per heavy atom. The number of thioether (sulfide) groups is 1. The van der Waals surface area contributed by atoms with Gasteiger partial charge in [0.25, 0.3) is 0 Å². The van der Waals surface area contributed by atoms with Crippen LogP contribution in [0.4, 0.5) is 4.39 Å². The van der Waals surface area contributed by atoms with E-state index >= 15 is 0 Å². The van der Waals surface area contributed by atoms with Crippen molar-refractivity contribution >= 4 is 23.1 Å². The lowest BCUT2D eigenvalue weighted by atomic mass is 10.0. The predicted molar refractivity (Wildman–Crippen MR) is 81.4 cm³/mol. The quantitative estimate of drug-likeness (QED) is 0.904. The fraction of sp³-hybridized carbons (Fsp3) is 0.333. The van der Waals surface area contributed by atoms with Crippen LogP contribution in [-0.4, -0.2) is 5.75 Å². The van der Waals surface area contributed by atoms with Crippen molar-refractivity contribution in [3.05, 3.63) is 56.5 Å². The fourth-order valence-electron chi connectivity index (χ4n) is 2.29. The fourth-order valence-corrected chi connectivity index (χ4v) is 4.70. The largest absolute Gasteiger partial charge is 0.320 e. The predicted octanol–water partition coefficient (Wildman–Crippen LogP) is 4.03. The number of benzene rings is 1. The van der Waals surface area contributed by atoms with E-state index in [1.54, 1.807) is 30.4 Å². The summed E-state index contributed by atoms with van der Waals surface area (Å²) in [7, 11) is 0. The monoisotopic (exact) mass is 293 g/mol. The maximum Gasteiger partial charge on any atom is 0.126 e. The number of aryl methyl sites for hydroxylation is 2. The van der Waals surface area contributed by atoms with Gasteiger partial charge in [0.1, 0.15) is 5.82 Å². The highest BCUT2D eigenvalue weighted by atomic mass is 32.2. The summed E-state index contributed by atoms with van der Waals surface area (Å²) in [5, 5.41) is 0. The second kappa shape index (κ2) is 5.27. The standard InChI is InChI=1S/C15H16FNS2/c1-9-2-3-10(6-12(9)16)15(17)14-7-11-8-18-5-4-13(11)19-14/h2-3,6-7,15H,4-5,8,17H2,1H3. The highest BCUT2D eigenvalue weighted by molar-refractivity contribution is 7.98. The molecule has 0 saturated heterocycles. The van der Waals surface area contributed by atoms with Crippen molar-refractivity contribution in [1.82, 2.24) is 0 Å². The molecule has 0 fully saturated rings. The second-order valence-electron chi connectivity index (χ2n) is 4.89. The molecule has 0 aliphatic carbocycles. The van der Waals surface area contributed by atoms with E-state index in [9.17, 15) is 4.39 Å². The van der Waals surface area contributed by atoms with Crippen LogP contribution in [0.1, 0.15) is 32.5 Å². The van der Waals surface area contributed by atoms with Crippen LogP contribution in [0.15, 0.2) is 24.3 Å². The van der Waals surface area contributed by atoms with Crippen molar-refractivity contribution in [3.8, 4) is 0 Å². The summed E-state index contributed by atoms with van der Waals surface area (Å²) in [6, 6.07) is 7.28. The molecule has 3 rings (SSSR count). The topological polar surface area (TPSA) is 26.0 Å². The summed E-state index contributed by atoms with van der Waals surface area (Å²) < 4.78 is 13.6. The maximum absolute atomic E-state index is 13.6. The van der Waals surface area contributed by atoms with Gasteiger partial charge in [0, 0.05) is 15.5 Å². The van der Waals surface area contributed by atoms with Crippen molar-refractivity contribution in [2.24, 2.45) is 5.73 Å². The van der Waals surface area contributed by atoms with Crippen LogP contribution in [-0.2, 0) is 12.2 Å². The first-order valence-electron chi connectivity index (χ1n) is 6.36. The number of hydrogen-bond acceptors (Lipinski definition) is 3. The zero-order valence-electron chi connectivity index (χ0n) is 10.8. The third kappa shape index (κ3) is 2.57. The Balaban J connectivity index is 1.92. The van der Waals surface area contributed by atoms with E-state index in [2.05, 4.69) is 6.07 Å². The van der Waals surface area contributed by atoms with Gasteiger partial charge >= 0.3 is 0 Å². The molecule has 19 heavy (non-hydrogen) atoms. The van der Waals surface area contributed by atoms with Crippen LogP contribution in [0.2, 0.25) is 0 Å². The summed E-state index contributed by atoms with van der Waals surface area (Å²) in [6.07, 6.45) is 1.14. The van der Waals surface area contributed by atoms with Gasteiger partial charge in [-0.05, 0) is 47.9 Å². The highest BCUT2D eigenvalue weighted by Gasteiger charge is 2.18. The molecule has 1 aliphatic heterocycles. The van der Waals surface area contributed by atoms with Gasteiger partial charge in [-0.15, -0.1) is 11.3 Å². The number of halogens is 1. The van der Waals surface area contributed by atoms with E-state index in [-0.39, 0.29) is 11.9 Å². The summed E-state index contributed by atoms with van der Waals surface area (Å²) >= 11 is 3.76. The Morgan fingerprint density at radius 3 is 2.89 bits per heavy atom. The third-order valence-corrected chi connectivity index (χ3v) is 5.84. The summed E-state index contributed by atoms with van der Waals surface area (Å²) in [4.78, 5) is 2.60. The zero-order valence-corrected chi connectivity index (χ0v) is 12.4. The van der Waals surface area contributed by atoms with Crippen LogP contribution < -0.4 is 5.73 Å². The first kappa shape index (κ1) is 13.2. The van der Waals surface area contributed by atoms with E-state index in [4.69, 9.17) is 5.73 Å². The van der Waals surface area contributed by atoms with Crippen molar-refractivity contribution in [1.29, 1.82) is 0 Å². The van der Waals surface area contributed by atoms with Crippen LogP contribution in [0.25, 0.3) is 0 Å². The Kier molecular flexibility index (Phi) is 3.65. The Bertz CT molecular complexity index is 583. The molecule has 1 aromatic carbocycles. The van der Waals surface area contributed by atoms with Gasteiger partial charge in [-0.3, -0.25) is 0 Å². The Morgan fingerprint density at radius 1 is 1.32 bits per heavy atom. The molecular weight excluding hydrogens is 277 g/mol.